The van der Waals surface area contributed by atoms with E-state index in [4.69, 9.17) is 18.9 Å². The number of ether oxygens (including phenoxy) is 4. The second-order valence-electron chi connectivity index (χ2n) is 9.20. The molecule has 3 aliphatic heterocycles. The van der Waals surface area contributed by atoms with Gasteiger partial charge < -0.3 is 24.1 Å². The van der Waals surface area contributed by atoms with Gasteiger partial charge in [-0.2, -0.15) is 0 Å². The molecule has 2 aromatic carbocycles. The van der Waals surface area contributed by atoms with Crippen LogP contribution in [0.2, 0.25) is 0 Å². The van der Waals surface area contributed by atoms with E-state index in [1.54, 1.807) is 0 Å². The standard InChI is InChI=1S/C25H31NO5/c1-25(2)30-23-22(28-16-18-11-7-4-8-12-18)21(29-24(23)31-25)20-13-19(27)15-26(20)14-17-9-5-3-6-10-17/h3-12,19-24,27H,13-16H2,1-2H3/t19-,20-,21-,22+,23-,24-/m1/s1. The van der Waals surface area contributed by atoms with Crippen LogP contribution in [0, 0.1) is 0 Å². The van der Waals surface area contributed by atoms with E-state index < -0.39 is 12.1 Å². The first-order valence-corrected chi connectivity index (χ1v) is 11.1. The lowest BCUT2D eigenvalue weighted by Crippen LogP contribution is -2.47. The van der Waals surface area contributed by atoms with Gasteiger partial charge in [0.25, 0.3) is 0 Å². The second kappa shape index (κ2) is 8.62. The molecule has 0 spiro atoms. The van der Waals surface area contributed by atoms with Gasteiger partial charge in [0.05, 0.1) is 12.7 Å². The number of hydrogen-bond acceptors (Lipinski definition) is 6. The summed E-state index contributed by atoms with van der Waals surface area (Å²) in [4.78, 5) is 2.30. The summed E-state index contributed by atoms with van der Waals surface area (Å²) in [5.74, 6) is -0.701. The van der Waals surface area contributed by atoms with E-state index in [0.29, 0.717) is 19.6 Å². The first-order chi connectivity index (χ1) is 15.0. The number of aliphatic hydroxyl groups excluding tert-OH is 1. The smallest absolute Gasteiger partial charge is 0.190 e. The van der Waals surface area contributed by atoms with Crippen molar-refractivity contribution < 1.29 is 24.1 Å². The molecule has 0 amide bonds. The molecule has 0 saturated carbocycles. The lowest BCUT2D eigenvalue weighted by molar-refractivity contribution is -0.225. The van der Waals surface area contributed by atoms with Gasteiger partial charge in [-0.3, -0.25) is 4.90 Å². The number of fused-ring (bicyclic) bond motifs is 1. The maximum atomic E-state index is 10.5. The molecule has 0 aliphatic carbocycles. The van der Waals surface area contributed by atoms with Crippen molar-refractivity contribution in [3.8, 4) is 0 Å². The van der Waals surface area contributed by atoms with E-state index in [0.717, 1.165) is 12.1 Å². The van der Waals surface area contributed by atoms with Gasteiger partial charge in [0, 0.05) is 19.1 Å². The molecular formula is C25H31NO5. The summed E-state index contributed by atoms with van der Waals surface area (Å²) in [6, 6.07) is 20.5. The molecule has 166 valence electrons. The summed E-state index contributed by atoms with van der Waals surface area (Å²) in [7, 11) is 0. The van der Waals surface area contributed by atoms with Gasteiger partial charge in [-0.05, 0) is 31.4 Å². The van der Waals surface area contributed by atoms with E-state index in [1.165, 1.54) is 5.56 Å². The zero-order chi connectivity index (χ0) is 21.4. The van der Waals surface area contributed by atoms with Crippen LogP contribution >= 0.6 is 0 Å². The molecule has 1 N–H and O–H groups in total. The first kappa shape index (κ1) is 21.1. The minimum absolute atomic E-state index is 0.0249. The van der Waals surface area contributed by atoms with Gasteiger partial charge in [0.15, 0.2) is 12.1 Å². The van der Waals surface area contributed by atoms with E-state index in [9.17, 15) is 5.11 Å². The highest BCUT2D eigenvalue weighted by molar-refractivity contribution is 5.16. The highest BCUT2D eigenvalue weighted by atomic mass is 16.8. The van der Waals surface area contributed by atoms with Crippen molar-refractivity contribution in [1.82, 2.24) is 4.90 Å². The summed E-state index contributed by atoms with van der Waals surface area (Å²) in [5.41, 5.74) is 2.32. The Balaban J connectivity index is 1.36. The van der Waals surface area contributed by atoms with Crippen molar-refractivity contribution in [2.45, 2.75) is 76.0 Å². The summed E-state index contributed by atoms with van der Waals surface area (Å²) in [6.45, 7) is 5.66. The summed E-state index contributed by atoms with van der Waals surface area (Å²) in [6.07, 6.45) is -1.01. The molecule has 6 atom stereocenters. The Bertz CT molecular complexity index is 861. The number of hydrogen-bond donors (Lipinski definition) is 1. The maximum Gasteiger partial charge on any atom is 0.190 e. The topological polar surface area (TPSA) is 60.4 Å². The predicted molar refractivity (Wildman–Crippen MR) is 115 cm³/mol. The number of likely N-dealkylation sites (tertiary alicyclic amines) is 1. The number of rotatable bonds is 6. The number of nitrogens with zero attached hydrogens (tertiary/aromatic N) is 1. The van der Waals surface area contributed by atoms with Gasteiger partial charge >= 0.3 is 0 Å². The average molecular weight is 426 g/mol. The first-order valence-electron chi connectivity index (χ1n) is 11.1. The van der Waals surface area contributed by atoms with Crippen molar-refractivity contribution >= 4 is 0 Å². The van der Waals surface area contributed by atoms with Gasteiger partial charge in [-0.25, -0.2) is 0 Å². The van der Waals surface area contributed by atoms with Gasteiger partial charge in [-0.15, -0.1) is 0 Å². The molecule has 0 unspecified atom stereocenters. The number of β-amino-alcohol motifs (C(OH)–C–C–N with tert-alkyl or cyclic N) is 1. The summed E-state index contributed by atoms with van der Waals surface area (Å²) in [5, 5.41) is 10.5. The fraction of sp³-hybridized carbons (Fsp3) is 0.520. The lowest BCUT2D eigenvalue weighted by atomic mass is 10.00. The van der Waals surface area contributed by atoms with Crippen molar-refractivity contribution in [3.05, 3.63) is 71.8 Å². The Morgan fingerprint density at radius 1 is 0.968 bits per heavy atom. The SMILES string of the molecule is CC1(C)O[C@H]2O[C@H]([C@H]3C[C@@H](O)CN3Cc3ccccc3)[C@H](OCc3ccccc3)[C@H]2O1. The number of benzene rings is 2. The van der Waals surface area contributed by atoms with Crippen LogP contribution in [0.15, 0.2) is 60.7 Å². The maximum absolute atomic E-state index is 10.5. The Morgan fingerprint density at radius 3 is 2.35 bits per heavy atom. The third-order valence-corrected chi connectivity index (χ3v) is 6.35. The molecule has 5 rings (SSSR count). The molecule has 3 saturated heterocycles. The Labute approximate surface area is 183 Å². The van der Waals surface area contributed by atoms with Gasteiger partial charge in [-0.1, -0.05) is 60.7 Å². The third kappa shape index (κ3) is 4.55. The van der Waals surface area contributed by atoms with Crippen molar-refractivity contribution in [2.75, 3.05) is 6.54 Å². The molecule has 2 aromatic rings. The monoisotopic (exact) mass is 425 g/mol. The average Bonchev–Trinajstić information content (AvgIpc) is 3.37. The van der Waals surface area contributed by atoms with Crippen molar-refractivity contribution in [1.29, 1.82) is 0 Å². The fourth-order valence-corrected chi connectivity index (χ4v) is 5.02. The second-order valence-corrected chi connectivity index (χ2v) is 9.20. The van der Waals surface area contributed by atoms with Crippen molar-refractivity contribution in [3.63, 3.8) is 0 Å². The van der Waals surface area contributed by atoms with E-state index in [-0.39, 0.29) is 30.5 Å². The zero-order valence-electron chi connectivity index (χ0n) is 18.1. The molecule has 3 heterocycles. The van der Waals surface area contributed by atoms with E-state index in [1.807, 2.05) is 50.2 Å². The molecule has 6 heteroatoms. The largest absolute Gasteiger partial charge is 0.392 e. The van der Waals surface area contributed by atoms with Gasteiger partial charge in [0.2, 0.25) is 0 Å². The fourth-order valence-electron chi connectivity index (χ4n) is 5.02. The quantitative estimate of drug-likeness (QED) is 0.768. The highest BCUT2D eigenvalue weighted by Crippen LogP contribution is 2.42. The van der Waals surface area contributed by atoms with Crippen LogP contribution < -0.4 is 0 Å². The highest BCUT2D eigenvalue weighted by Gasteiger charge is 2.58. The van der Waals surface area contributed by atoms with Crippen LogP contribution in [-0.4, -0.2) is 59.1 Å². The number of aliphatic hydroxyl groups is 1. The third-order valence-electron chi connectivity index (χ3n) is 6.35. The summed E-state index contributed by atoms with van der Waals surface area (Å²) < 4.78 is 25.0. The molecule has 3 aliphatic rings. The Kier molecular flexibility index (Phi) is 5.86. The van der Waals surface area contributed by atoms with Crippen LogP contribution in [0.5, 0.6) is 0 Å². The Morgan fingerprint density at radius 2 is 1.65 bits per heavy atom. The van der Waals surface area contributed by atoms with Crippen LogP contribution in [0.3, 0.4) is 0 Å². The molecule has 0 bridgehead atoms. The molecule has 3 fully saturated rings. The van der Waals surface area contributed by atoms with Crippen LogP contribution in [0.1, 0.15) is 31.4 Å². The van der Waals surface area contributed by atoms with Crippen LogP contribution in [-0.2, 0) is 32.1 Å². The normalized spacial score (nSPS) is 34.8. The zero-order valence-corrected chi connectivity index (χ0v) is 18.1. The summed E-state index contributed by atoms with van der Waals surface area (Å²) >= 11 is 0. The van der Waals surface area contributed by atoms with Crippen molar-refractivity contribution in [2.24, 2.45) is 0 Å². The van der Waals surface area contributed by atoms with E-state index in [2.05, 4.69) is 29.2 Å². The van der Waals surface area contributed by atoms with Gasteiger partial charge in [0.1, 0.15) is 18.3 Å². The predicted octanol–water partition coefficient (Wildman–Crippen LogP) is 3.08. The van der Waals surface area contributed by atoms with Crippen LogP contribution in [0.25, 0.3) is 0 Å². The lowest BCUT2D eigenvalue weighted by Gasteiger charge is -2.33. The van der Waals surface area contributed by atoms with Crippen LogP contribution in [0.4, 0.5) is 0 Å². The molecule has 31 heavy (non-hydrogen) atoms. The van der Waals surface area contributed by atoms with E-state index >= 15 is 0 Å². The molecule has 0 aromatic heterocycles. The Hall–Kier alpha value is -1.80. The molecule has 0 radical (unpaired) electrons. The molecule has 6 nitrogen and oxygen atoms in total. The minimum atomic E-state index is -0.701. The molecular weight excluding hydrogens is 394 g/mol. The minimum Gasteiger partial charge on any atom is -0.392 e.